The lowest BCUT2D eigenvalue weighted by molar-refractivity contribution is -0.271. The van der Waals surface area contributed by atoms with E-state index in [9.17, 15) is 73.8 Å². The highest BCUT2D eigenvalue weighted by Crippen LogP contribution is 2.70. The van der Waals surface area contributed by atoms with Crippen LogP contribution in [-0.4, -0.2) is 156 Å². The number of nitrogens with zero attached hydrogens (tertiary/aromatic N) is 2. The van der Waals surface area contributed by atoms with Crippen molar-refractivity contribution in [2.24, 2.45) is 28.6 Å². The number of benzene rings is 2. The molecule has 6 fully saturated rings. The number of carbonyl (C=O) groups is 9. The molecule has 3 saturated carbocycles. The van der Waals surface area contributed by atoms with Gasteiger partial charge in [-0.25, -0.2) is 19.4 Å². The van der Waals surface area contributed by atoms with E-state index >= 15 is 0 Å². The molecule has 0 spiro atoms. The minimum atomic E-state index is -2.02. The predicted octanol–water partition coefficient (Wildman–Crippen LogP) is 2.19. The van der Waals surface area contributed by atoms with Crippen LogP contribution in [0.3, 0.4) is 0 Å². The SMILES string of the molecule is C[C@]12C=CC(=O)C=C1CC[C@@H]1[C@@H]2[C@@H](O)C[C@@]2(C)[C@H]1C[C@H]1O[C@@H](c3ccc(Cc4csc(NC(=O)OCc5ccc(O[C@@H]6O[C@H](C(=O)O)[C@@H](O)[C@H](O)[C@H]6O)c(NC(=O)CCNC(=O)CCC(=O)ON6C(=O)CCC6=O)c5)n4)cc3)O[C@]12C(=O)CO. The number of anilines is 2. The minimum absolute atomic E-state index is 0.0142. The van der Waals surface area contributed by atoms with Gasteiger partial charge in [0.1, 0.15) is 37.3 Å². The number of hydroxylamine groups is 2. The molecule has 0 unspecified atom stereocenters. The molecule has 27 heteroatoms. The Morgan fingerprint density at radius 1 is 0.869 bits per heavy atom. The van der Waals surface area contributed by atoms with E-state index < -0.39 is 133 Å². The molecule has 10 rings (SSSR count). The van der Waals surface area contributed by atoms with E-state index in [1.807, 2.05) is 37.3 Å². The molecule has 0 radical (unpaired) electrons. The molecule has 3 aliphatic heterocycles. The summed E-state index contributed by atoms with van der Waals surface area (Å²) >= 11 is 1.13. The summed E-state index contributed by atoms with van der Waals surface area (Å²) in [5, 5.41) is 73.0. The van der Waals surface area contributed by atoms with Gasteiger partial charge in [-0.3, -0.25) is 34.1 Å². The Morgan fingerprint density at radius 3 is 2.33 bits per heavy atom. The Hall–Kier alpha value is -7.34. The minimum Gasteiger partial charge on any atom is -0.479 e. The van der Waals surface area contributed by atoms with Gasteiger partial charge in [-0.1, -0.05) is 55.8 Å². The summed E-state index contributed by atoms with van der Waals surface area (Å²) in [6, 6.07) is 11.4. The topological polar surface area (TPSA) is 383 Å². The number of aliphatic hydroxyl groups is 5. The van der Waals surface area contributed by atoms with Gasteiger partial charge in [0.15, 0.2) is 34.7 Å². The van der Waals surface area contributed by atoms with E-state index in [1.165, 1.54) is 18.2 Å². The highest BCUT2D eigenvalue weighted by Gasteiger charge is 2.76. The van der Waals surface area contributed by atoms with E-state index in [2.05, 4.69) is 27.9 Å². The number of carboxylic acid groups (broad SMARTS) is 1. The molecule has 448 valence electrons. The molecule has 9 N–H and O–H groups in total. The maximum atomic E-state index is 14.0. The molecule has 4 heterocycles. The van der Waals surface area contributed by atoms with Crippen molar-refractivity contribution in [2.75, 3.05) is 23.8 Å². The Bertz CT molecular complexity index is 3190. The zero-order valence-corrected chi connectivity index (χ0v) is 46.3. The molecule has 0 bridgehead atoms. The van der Waals surface area contributed by atoms with Crippen molar-refractivity contribution in [2.45, 2.75) is 139 Å². The number of Topliss-reactive ketones (excluding diaryl/α,β-unsaturated/α-hetero) is 1. The lowest BCUT2D eigenvalue weighted by Gasteiger charge is -2.59. The zero-order chi connectivity index (χ0) is 60.0. The fourth-order valence-electron chi connectivity index (χ4n) is 13.3. The van der Waals surface area contributed by atoms with Crippen LogP contribution in [0, 0.1) is 28.6 Å². The van der Waals surface area contributed by atoms with E-state index in [-0.39, 0.29) is 84.5 Å². The molecule has 3 aromatic rings. The van der Waals surface area contributed by atoms with Crippen molar-refractivity contribution in [1.29, 1.82) is 0 Å². The second-order valence-electron chi connectivity index (χ2n) is 22.5. The lowest BCUT2D eigenvalue weighted by atomic mass is 9.46. The second-order valence-corrected chi connectivity index (χ2v) is 23.3. The van der Waals surface area contributed by atoms with Crippen LogP contribution >= 0.6 is 11.3 Å². The number of imide groups is 1. The first-order chi connectivity index (χ1) is 40.0. The van der Waals surface area contributed by atoms with Gasteiger partial charge >= 0.3 is 18.0 Å². The second kappa shape index (κ2) is 24.0. The average molecular weight is 1190 g/mol. The fourth-order valence-corrected chi connectivity index (χ4v) is 14.0. The number of ether oxygens (including phenoxy) is 5. The Morgan fingerprint density at radius 2 is 1.61 bits per heavy atom. The largest absolute Gasteiger partial charge is 0.479 e. The van der Waals surface area contributed by atoms with Crippen LogP contribution in [0.1, 0.15) is 100 Å². The molecule has 5 amide bonds. The van der Waals surface area contributed by atoms with Gasteiger partial charge in [-0.2, -0.15) is 0 Å². The third-order valence-electron chi connectivity index (χ3n) is 17.4. The number of hydrogen-bond donors (Lipinski definition) is 9. The van der Waals surface area contributed by atoms with Crippen molar-refractivity contribution in [3.63, 3.8) is 0 Å². The Kier molecular flexibility index (Phi) is 17.1. The smallest absolute Gasteiger partial charge is 0.413 e. The molecule has 3 saturated heterocycles. The van der Waals surface area contributed by atoms with Gasteiger partial charge in [-0.05, 0) is 72.9 Å². The number of fused-ring (bicyclic) bond motifs is 7. The average Bonchev–Trinajstić information content (AvgIpc) is 1.47. The van der Waals surface area contributed by atoms with Gasteiger partial charge < -0.3 is 69.8 Å². The van der Waals surface area contributed by atoms with Crippen LogP contribution in [0.15, 0.2) is 71.6 Å². The Labute approximate surface area is 483 Å². The quantitative estimate of drug-likeness (QED) is 0.0777. The number of aliphatic carboxylic acids is 1. The van der Waals surface area contributed by atoms with E-state index in [0.29, 0.717) is 35.6 Å². The number of carbonyl (C=O) groups excluding carboxylic acids is 8. The number of rotatable bonds is 19. The van der Waals surface area contributed by atoms with Crippen molar-refractivity contribution in [1.82, 2.24) is 15.4 Å². The number of ketones is 2. The van der Waals surface area contributed by atoms with E-state index in [1.54, 1.807) is 17.5 Å². The standard InChI is InChI=1S/C57H63N5O21S/c1-55-17-15-32(64)21-30(55)8-9-33-34-22-39-57(38(66)24-63,56(34,2)23-36(65)45(33)55)82-51(80-39)29-6-3-27(4-7-29)19-31-26-84-53(59-31)61-54(77)78-25-28-5-10-37(79-52-48(74)46(72)47(73)49(81-52)50(75)76)35(20-28)60-41(68)16-18-58-40(67)11-14-44(71)83-62-42(69)12-13-43(62)70/h3-7,10,15,17,20-21,26,33-34,36,39,45-49,51-52,63,65,72-74H,8-9,11-14,16,18-19,22-25H2,1-2H3,(H,58,67)(H,60,68)(H,75,76)(H,59,61,77)/t33-,34-,36-,39+,45+,46-,47-,48+,49-,51+,52+,55-,56-,57+/m0/s1. The van der Waals surface area contributed by atoms with Gasteiger partial charge in [0.05, 0.1) is 30.0 Å². The van der Waals surface area contributed by atoms with E-state index in [0.717, 1.165) is 28.9 Å². The third kappa shape index (κ3) is 11.5. The molecule has 84 heavy (non-hydrogen) atoms. The molecule has 4 aliphatic carbocycles. The number of thiazole rings is 1. The normalized spacial score (nSPS) is 32.1. The molecule has 2 aromatic carbocycles. The zero-order valence-electron chi connectivity index (χ0n) is 45.5. The highest BCUT2D eigenvalue weighted by molar-refractivity contribution is 7.13. The maximum Gasteiger partial charge on any atom is 0.413 e. The number of aliphatic hydroxyl groups excluding tert-OH is 5. The first-order valence-electron chi connectivity index (χ1n) is 27.4. The Balaban J connectivity index is 0.736. The summed E-state index contributed by atoms with van der Waals surface area (Å²) in [4.78, 5) is 122. The van der Waals surface area contributed by atoms with Crippen LogP contribution in [0.2, 0.25) is 0 Å². The highest BCUT2D eigenvalue weighted by atomic mass is 32.1. The van der Waals surface area contributed by atoms with Crippen molar-refractivity contribution < 1.29 is 102 Å². The molecule has 14 atom stereocenters. The number of allylic oxidation sites excluding steroid dienone is 4. The predicted molar refractivity (Wildman–Crippen MR) is 286 cm³/mol. The molecular weight excluding hydrogens is 1120 g/mol. The van der Waals surface area contributed by atoms with Crippen LogP contribution < -0.4 is 20.7 Å². The van der Waals surface area contributed by atoms with Crippen molar-refractivity contribution >= 4 is 75.4 Å². The summed E-state index contributed by atoms with van der Waals surface area (Å²) in [5.74, 6) is -6.41. The van der Waals surface area contributed by atoms with Gasteiger partial charge in [0, 0.05) is 66.3 Å². The number of aromatic nitrogens is 1. The summed E-state index contributed by atoms with van der Waals surface area (Å²) in [6.45, 7) is 2.66. The van der Waals surface area contributed by atoms with Crippen LogP contribution in [-0.2, 0) is 75.2 Å². The first-order valence-corrected chi connectivity index (χ1v) is 28.3. The third-order valence-corrected chi connectivity index (χ3v) is 18.2. The lowest BCUT2D eigenvalue weighted by Crippen LogP contribution is -2.63. The summed E-state index contributed by atoms with van der Waals surface area (Å²) in [7, 11) is 0. The van der Waals surface area contributed by atoms with Crippen molar-refractivity contribution in [3.8, 4) is 5.75 Å². The van der Waals surface area contributed by atoms with Gasteiger partial charge in [-0.15, -0.1) is 16.4 Å². The number of nitrogens with one attached hydrogen (secondary N) is 3. The van der Waals surface area contributed by atoms with Crippen molar-refractivity contribution in [3.05, 3.63) is 94.0 Å². The first kappa shape index (κ1) is 59.8. The summed E-state index contributed by atoms with van der Waals surface area (Å²) in [6.07, 6.45) is -6.93. The number of carboxylic acids is 1. The van der Waals surface area contributed by atoms with E-state index in [4.69, 9.17) is 28.5 Å². The molecule has 1 aromatic heterocycles. The van der Waals surface area contributed by atoms with Gasteiger partial charge in [0.2, 0.25) is 18.1 Å². The number of hydrogen-bond acceptors (Lipinski definition) is 22. The summed E-state index contributed by atoms with van der Waals surface area (Å²) < 4.78 is 29.8. The van der Waals surface area contributed by atoms with Crippen LogP contribution in [0.4, 0.5) is 15.6 Å². The fraction of sp³-hybridized carbons (Fsp3) is 0.509. The maximum absolute atomic E-state index is 14.0. The van der Waals surface area contributed by atoms with Crippen LogP contribution in [0.25, 0.3) is 0 Å². The van der Waals surface area contributed by atoms with Gasteiger partial charge in [0.25, 0.3) is 11.8 Å². The number of amides is 5. The molecule has 7 aliphatic rings. The monoisotopic (exact) mass is 1190 g/mol. The molecular formula is C57H63N5O21S. The molecule has 26 nitrogen and oxygen atoms in total. The van der Waals surface area contributed by atoms with Crippen LogP contribution in [0.5, 0.6) is 5.75 Å². The summed E-state index contributed by atoms with van der Waals surface area (Å²) in [5.41, 5.74) is 0.391.